The number of rotatable bonds is 2. The molecule has 0 aliphatic rings. The van der Waals surface area contributed by atoms with E-state index in [4.69, 9.17) is 15.0 Å². The highest BCUT2D eigenvalue weighted by atomic mass is 15.2. The maximum Gasteiger partial charge on any atom is 0.235 e. The van der Waals surface area contributed by atoms with Gasteiger partial charge >= 0.3 is 0 Å². The number of nitrogens with zero attached hydrogens (tertiary/aromatic N) is 5. The Morgan fingerprint density at radius 1 is 0.477 bits per heavy atom. The van der Waals surface area contributed by atoms with E-state index in [9.17, 15) is 0 Å². The van der Waals surface area contributed by atoms with Gasteiger partial charge in [0.2, 0.25) is 5.95 Å². The number of para-hydroxylation sites is 2. The van der Waals surface area contributed by atoms with E-state index >= 15 is 0 Å². The molecule has 5 heteroatoms. The normalized spacial score (nSPS) is 12.1. The van der Waals surface area contributed by atoms with Gasteiger partial charge in [0.1, 0.15) is 0 Å². The van der Waals surface area contributed by atoms with Gasteiger partial charge in [0, 0.05) is 33.3 Å². The van der Waals surface area contributed by atoms with E-state index in [1.165, 1.54) is 16.2 Å². The first-order valence-electron chi connectivity index (χ1n) is 14.8. The topological polar surface area (TPSA) is 48.0 Å². The summed E-state index contributed by atoms with van der Waals surface area (Å²) in [5.41, 5.74) is 7.98. The first-order valence-corrected chi connectivity index (χ1v) is 14.8. The molecule has 10 rings (SSSR count). The highest BCUT2D eigenvalue weighted by molar-refractivity contribution is 6.23. The third-order valence-corrected chi connectivity index (χ3v) is 8.95. The Morgan fingerprint density at radius 2 is 1.20 bits per heavy atom. The Labute approximate surface area is 251 Å². The predicted molar refractivity (Wildman–Crippen MR) is 181 cm³/mol. The van der Waals surface area contributed by atoms with Crippen LogP contribution in [0.4, 0.5) is 0 Å². The fourth-order valence-electron chi connectivity index (χ4n) is 7.10. The average Bonchev–Trinajstić information content (AvgIpc) is 3.36. The minimum atomic E-state index is 0.612. The summed E-state index contributed by atoms with van der Waals surface area (Å²) >= 11 is 0. The molecule has 0 amide bonds. The molecule has 6 aromatic carbocycles. The van der Waals surface area contributed by atoms with Crippen molar-refractivity contribution in [2.24, 2.45) is 0 Å². The van der Waals surface area contributed by atoms with Crippen molar-refractivity contribution in [1.29, 1.82) is 0 Å². The van der Waals surface area contributed by atoms with E-state index in [-0.39, 0.29) is 0 Å². The first kappa shape index (κ1) is 23.5. The lowest BCUT2D eigenvalue weighted by Gasteiger charge is -2.15. The molecule has 4 heterocycles. The average molecular weight is 562 g/mol. The molecular weight excluding hydrogens is 538 g/mol. The van der Waals surface area contributed by atoms with E-state index in [2.05, 4.69) is 130 Å². The fourth-order valence-corrected chi connectivity index (χ4v) is 7.10. The van der Waals surface area contributed by atoms with Crippen molar-refractivity contribution in [3.8, 4) is 17.2 Å². The van der Waals surface area contributed by atoms with E-state index in [1.807, 2.05) is 18.3 Å². The van der Waals surface area contributed by atoms with Gasteiger partial charge in [0.15, 0.2) is 5.65 Å². The Bertz CT molecular complexity index is 2770. The van der Waals surface area contributed by atoms with Crippen molar-refractivity contribution < 1.29 is 0 Å². The summed E-state index contributed by atoms with van der Waals surface area (Å²) in [4.78, 5) is 15.7. The molecule has 0 atom stereocenters. The number of hydrogen-bond donors (Lipinski definition) is 0. The third kappa shape index (κ3) is 3.10. The van der Waals surface area contributed by atoms with Gasteiger partial charge in [-0.2, -0.15) is 0 Å². The third-order valence-electron chi connectivity index (χ3n) is 8.95. The number of aromatic nitrogens is 5. The summed E-state index contributed by atoms with van der Waals surface area (Å²) in [5, 5.41) is 8.10. The molecule has 0 bridgehead atoms. The van der Waals surface area contributed by atoms with Crippen LogP contribution in [0.3, 0.4) is 0 Å². The molecule has 0 aliphatic heterocycles. The highest BCUT2D eigenvalue weighted by Crippen LogP contribution is 2.40. The van der Waals surface area contributed by atoms with Gasteiger partial charge in [-0.1, -0.05) is 103 Å². The quantitative estimate of drug-likeness (QED) is 0.211. The van der Waals surface area contributed by atoms with Crippen LogP contribution < -0.4 is 0 Å². The lowest BCUT2D eigenvalue weighted by atomic mass is 9.99. The van der Waals surface area contributed by atoms with Gasteiger partial charge in [-0.25, -0.2) is 15.0 Å². The molecule has 0 aliphatic carbocycles. The van der Waals surface area contributed by atoms with Crippen molar-refractivity contribution in [3.63, 3.8) is 0 Å². The molecule has 0 fully saturated rings. The predicted octanol–water partition coefficient (Wildman–Crippen LogP) is 9.50. The standard InChI is InChI=1S/C39H23N5/c1-2-13-26-24(10-1)11-7-16-28(26)36-30-15-3-5-17-31(30)41-39(42-36)43-33-19-8-12-25-21-22-29-27-14-4-6-18-32(27)44(37(29)35(25)33)38-34(43)20-9-23-40-38/h1-23H. The van der Waals surface area contributed by atoms with Crippen LogP contribution in [0.2, 0.25) is 0 Å². The molecule has 0 spiro atoms. The smallest absolute Gasteiger partial charge is 0.235 e. The van der Waals surface area contributed by atoms with Crippen LogP contribution in [0, 0.1) is 0 Å². The van der Waals surface area contributed by atoms with Crippen LogP contribution >= 0.6 is 0 Å². The minimum absolute atomic E-state index is 0.612. The second-order valence-electron chi connectivity index (χ2n) is 11.3. The Morgan fingerprint density at radius 3 is 2.16 bits per heavy atom. The Kier molecular flexibility index (Phi) is 4.66. The van der Waals surface area contributed by atoms with Gasteiger partial charge in [0.05, 0.1) is 33.3 Å². The largest absolute Gasteiger partial charge is 0.291 e. The Hall–Kier alpha value is -6.07. The summed E-state index contributed by atoms with van der Waals surface area (Å²) in [6, 6.07) is 46.9. The summed E-state index contributed by atoms with van der Waals surface area (Å²) in [6.45, 7) is 0. The molecule has 10 aromatic rings. The lowest BCUT2D eigenvalue weighted by Crippen LogP contribution is -2.05. The van der Waals surface area contributed by atoms with Crippen LogP contribution in [0.5, 0.6) is 0 Å². The fraction of sp³-hybridized carbons (Fsp3) is 0. The number of benzene rings is 6. The molecular formula is C39H23N5. The van der Waals surface area contributed by atoms with Crippen molar-refractivity contribution in [2.45, 2.75) is 0 Å². The number of hydrogen-bond acceptors (Lipinski definition) is 3. The molecule has 0 saturated carbocycles. The number of fused-ring (bicyclic) bond motifs is 7. The molecule has 0 N–H and O–H groups in total. The summed E-state index contributed by atoms with van der Waals surface area (Å²) in [5.74, 6) is 0.612. The van der Waals surface area contributed by atoms with E-state index in [1.54, 1.807) is 0 Å². The van der Waals surface area contributed by atoms with E-state index in [0.29, 0.717) is 5.95 Å². The van der Waals surface area contributed by atoms with Crippen LogP contribution in [0.15, 0.2) is 140 Å². The van der Waals surface area contributed by atoms with Crippen LogP contribution in [0.1, 0.15) is 0 Å². The van der Waals surface area contributed by atoms with Crippen molar-refractivity contribution in [1.82, 2.24) is 23.9 Å². The zero-order chi connectivity index (χ0) is 28.8. The lowest BCUT2D eigenvalue weighted by molar-refractivity contribution is 1.01. The molecule has 0 unspecified atom stereocenters. The van der Waals surface area contributed by atoms with Crippen molar-refractivity contribution in [3.05, 3.63) is 140 Å². The SMILES string of the molecule is c1ccc2c(-c3nc(-n4c5cccc6ccc7c8ccccc8n(c8ncccc84)c7c65)nc4ccccc34)cccc2c1. The van der Waals surface area contributed by atoms with Gasteiger partial charge in [0.25, 0.3) is 0 Å². The molecule has 5 nitrogen and oxygen atoms in total. The monoisotopic (exact) mass is 561 g/mol. The van der Waals surface area contributed by atoms with Gasteiger partial charge in [-0.3, -0.25) is 8.97 Å². The van der Waals surface area contributed by atoms with Crippen molar-refractivity contribution in [2.75, 3.05) is 0 Å². The zero-order valence-corrected chi connectivity index (χ0v) is 23.5. The number of pyridine rings is 1. The van der Waals surface area contributed by atoms with Gasteiger partial charge in [-0.05, 0) is 46.5 Å². The molecule has 44 heavy (non-hydrogen) atoms. The van der Waals surface area contributed by atoms with Crippen LogP contribution in [-0.2, 0) is 0 Å². The van der Waals surface area contributed by atoms with E-state index in [0.717, 1.165) is 66.0 Å². The first-order chi connectivity index (χ1) is 21.8. The second kappa shape index (κ2) is 8.72. The molecule has 204 valence electrons. The molecule has 0 radical (unpaired) electrons. The van der Waals surface area contributed by atoms with Crippen molar-refractivity contribution >= 4 is 70.9 Å². The molecule has 0 saturated heterocycles. The van der Waals surface area contributed by atoms with E-state index < -0.39 is 0 Å². The summed E-state index contributed by atoms with van der Waals surface area (Å²) in [7, 11) is 0. The second-order valence-corrected chi connectivity index (χ2v) is 11.3. The Balaban J connectivity index is 1.45. The molecule has 4 aromatic heterocycles. The zero-order valence-electron chi connectivity index (χ0n) is 23.5. The minimum Gasteiger partial charge on any atom is -0.291 e. The maximum absolute atomic E-state index is 5.42. The van der Waals surface area contributed by atoms with Gasteiger partial charge in [-0.15, -0.1) is 0 Å². The van der Waals surface area contributed by atoms with Crippen LogP contribution in [-0.4, -0.2) is 23.9 Å². The van der Waals surface area contributed by atoms with Crippen LogP contribution in [0.25, 0.3) is 88.1 Å². The summed E-state index contributed by atoms with van der Waals surface area (Å²) in [6.07, 6.45) is 1.87. The maximum atomic E-state index is 5.42. The van der Waals surface area contributed by atoms with Gasteiger partial charge < -0.3 is 0 Å². The summed E-state index contributed by atoms with van der Waals surface area (Å²) < 4.78 is 4.52. The highest BCUT2D eigenvalue weighted by Gasteiger charge is 2.21.